The van der Waals surface area contributed by atoms with Gasteiger partial charge in [0.15, 0.2) is 0 Å². The van der Waals surface area contributed by atoms with Crippen molar-refractivity contribution in [3.05, 3.63) is 0 Å². The number of rotatable bonds is 4. The summed E-state index contributed by atoms with van der Waals surface area (Å²) in [6.45, 7) is -2.67. The van der Waals surface area contributed by atoms with Gasteiger partial charge in [0.25, 0.3) is 0 Å². The van der Waals surface area contributed by atoms with Crippen LogP contribution >= 0.6 is 0 Å². The second-order valence-electron chi connectivity index (χ2n) is 3.65. The molecule has 1 aliphatic carbocycles. The Kier molecular flexibility index (Phi) is 4.25. The average molecular weight is 208 g/mol. The highest BCUT2D eigenvalue weighted by atomic mass is 19.3. The first kappa shape index (κ1) is 11.4. The first-order chi connectivity index (χ1) is 6.59. The van der Waals surface area contributed by atoms with Crippen molar-refractivity contribution in [2.45, 2.75) is 32.3 Å². The Morgan fingerprint density at radius 1 is 1.36 bits per heavy atom. The highest BCUT2D eigenvalue weighted by Gasteiger charge is 2.26. The molecule has 0 bridgehead atoms. The van der Waals surface area contributed by atoms with Gasteiger partial charge in [0.1, 0.15) is 0 Å². The van der Waals surface area contributed by atoms with Crippen LogP contribution in [-0.4, -0.2) is 24.3 Å². The second-order valence-corrected chi connectivity index (χ2v) is 3.65. The lowest BCUT2D eigenvalue weighted by molar-refractivity contribution is -0.148. The van der Waals surface area contributed by atoms with Gasteiger partial charge < -0.3 is 9.84 Å². The summed E-state index contributed by atoms with van der Waals surface area (Å²) in [5, 5.41) is 8.69. The molecule has 0 radical (unpaired) electrons. The maximum atomic E-state index is 11.7. The molecule has 0 amide bonds. The number of halogens is 2. The van der Waals surface area contributed by atoms with Crippen molar-refractivity contribution in [1.29, 1.82) is 0 Å². The van der Waals surface area contributed by atoms with E-state index >= 15 is 0 Å². The number of hydrogen-bond acceptors (Lipinski definition) is 2. The summed E-state index contributed by atoms with van der Waals surface area (Å²) in [4.78, 5) is 10.6. The summed E-state index contributed by atoms with van der Waals surface area (Å²) < 4.78 is 27.6. The lowest BCUT2D eigenvalue weighted by Crippen LogP contribution is -2.24. The molecule has 0 heterocycles. The Hall–Kier alpha value is -0.710. The SMILES string of the molecule is O=C(O)C1CCC(COC(F)F)CC1. The maximum Gasteiger partial charge on any atom is 0.345 e. The van der Waals surface area contributed by atoms with E-state index in [1.165, 1.54) is 0 Å². The van der Waals surface area contributed by atoms with Gasteiger partial charge in [-0.1, -0.05) is 0 Å². The third-order valence-corrected chi connectivity index (χ3v) is 2.65. The molecule has 14 heavy (non-hydrogen) atoms. The normalized spacial score (nSPS) is 27.9. The Morgan fingerprint density at radius 3 is 2.36 bits per heavy atom. The summed E-state index contributed by atoms with van der Waals surface area (Å²) in [6.07, 6.45) is 2.49. The maximum absolute atomic E-state index is 11.7. The summed E-state index contributed by atoms with van der Waals surface area (Å²) >= 11 is 0. The molecule has 1 saturated carbocycles. The molecule has 0 atom stereocenters. The summed E-state index contributed by atoms with van der Waals surface area (Å²) in [7, 11) is 0. The molecule has 0 aromatic heterocycles. The van der Waals surface area contributed by atoms with Crippen molar-refractivity contribution in [2.24, 2.45) is 11.8 Å². The van der Waals surface area contributed by atoms with E-state index in [4.69, 9.17) is 5.11 Å². The van der Waals surface area contributed by atoms with Crippen LogP contribution in [0.1, 0.15) is 25.7 Å². The number of carboxylic acid groups (broad SMARTS) is 1. The highest BCUT2D eigenvalue weighted by Crippen LogP contribution is 2.29. The number of aliphatic carboxylic acids is 1. The first-order valence-electron chi connectivity index (χ1n) is 4.72. The van der Waals surface area contributed by atoms with Crippen molar-refractivity contribution in [2.75, 3.05) is 6.61 Å². The number of carbonyl (C=O) groups is 1. The van der Waals surface area contributed by atoms with Gasteiger partial charge in [-0.15, -0.1) is 0 Å². The minimum atomic E-state index is -2.72. The van der Waals surface area contributed by atoms with Gasteiger partial charge in [-0.2, -0.15) is 8.78 Å². The minimum Gasteiger partial charge on any atom is -0.481 e. The number of hydrogen-bond donors (Lipinski definition) is 1. The van der Waals surface area contributed by atoms with Gasteiger partial charge in [-0.25, -0.2) is 0 Å². The fourth-order valence-electron chi connectivity index (χ4n) is 1.78. The van der Waals surface area contributed by atoms with Gasteiger partial charge in [-0.05, 0) is 31.6 Å². The quantitative estimate of drug-likeness (QED) is 0.769. The van der Waals surface area contributed by atoms with Crippen LogP contribution in [0.4, 0.5) is 8.78 Å². The number of alkyl halides is 2. The summed E-state index contributed by atoms with van der Waals surface area (Å²) in [5.74, 6) is -0.976. The zero-order valence-electron chi connectivity index (χ0n) is 7.79. The van der Waals surface area contributed by atoms with E-state index in [0.29, 0.717) is 25.7 Å². The molecule has 1 aliphatic rings. The zero-order valence-corrected chi connectivity index (χ0v) is 7.79. The molecule has 1 N–H and O–H groups in total. The number of ether oxygens (including phenoxy) is 1. The molecule has 0 aliphatic heterocycles. The van der Waals surface area contributed by atoms with E-state index in [9.17, 15) is 13.6 Å². The molecular formula is C9H14F2O3. The largest absolute Gasteiger partial charge is 0.481 e. The Bertz CT molecular complexity index is 188. The average Bonchev–Trinajstić information content (AvgIpc) is 2.15. The standard InChI is InChI=1S/C9H14F2O3/c10-9(11)14-5-6-1-3-7(4-2-6)8(12)13/h6-7,9H,1-5H2,(H,12,13). The third-order valence-electron chi connectivity index (χ3n) is 2.65. The predicted molar refractivity (Wildman–Crippen MR) is 45.0 cm³/mol. The van der Waals surface area contributed by atoms with E-state index in [2.05, 4.69) is 4.74 Å². The molecule has 0 aromatic rings. The van der Waals surface area contributed by atoms with Gasteiger partial charge in [0, 0.05) is 0 Å². The van der Waals surface area contributed by atoms with E-state index in [0.717, 1.165) is 0 Å². The third kappa shape index (κ3) is 3.57. The van der Waals surface area contributed by atoms with Gasteiger partial charge in [0.05, 0.1) is 12.5 Å². The zero-order chi connectivity index (χ0) is 10.6. The van der Waals surface area contributed by atoms with E-state index in [1.807, 2.05) is 0 Å². The Morgan fingerprint density at radius 2 is 1.93 bits per heavy atom. The second kappa shape index (κ2) is 5.24. The lowest BCUT2D eigenvalue weighted by Gasteiger charge is -2.25. The van der Waals surface area contributed by atoms with E-state index < -0.39 is 12.6 Å². The smallest absolute Gasteiger partial charge is 0.345 e. The van der Waals surface area contributed by atoms with Crippen molar-refractivity contribution in [3.8, 4) is 0 Å². The fraction of sp³-hybridized carbons (Fsp3) is 0.889. The summed E-state index contributed by atoms with van der Waals surface area (Å²) in [6, 6.07) is 0. The topological polar surface area (TPSA) is 46.5 Å². The van der Waals surface area contributed by atoms with Crippen molar-refractivity contribution >= 4 is 5.97 Å². The minimum absolute atomic E-state index is 0.0456. The monoisotopic (exact) mass is 208 g/mol. The first-order valence-corrected chi connectivity index (χ1v) is 4.72. The fourth-order valence-corrected chi connectivity index (χ4v) is 1.78. The molecule has 0 unspecified atom stereocenters. The van der Waals surface area contributed by atoms with Crippen LogP contribution in [0.5, 0.6) is 0 Å². The molecule has 0 saturated heterocycles. The highest BCUT2D eigenvalue weighted by molar-refractivity contribution is 5.69. The molecule has 3 nitrogen and oxygen atoms in total. The van der Waals surface area contributed by atoms with Gasteiger partial charge in [0.2, 0.25) is 0 Å². The van der Waals surface area contributed by atoms with Crippen LogP contribution in [0.2, 0.25) is 0 Å². The van der Waals surface area contributed by atoms with Crippen LogP contribution in [0.3, 0.4) is 0 Å². The van der Waals surface area contributed by atoms with Crippen molar-refractivity contribution in [1.82, 2.24) is 0 Å². The Balaban J connectivity index is 2.19. The van der Waals surface area contributed by atoms with E-state index in [1.54, 1.807) is 0 Å². The van der Waals surface area contributed by atoms with Crippen LogP contribution < -0.4 is 0 Å². The lowest BCUT2D eigenvalue weighted by atomic mass is 9.82. The van der Waals surface area contributed by atoms with Crippen molar-refractivity contribution < 1.29 is 23.4 Å². The molecule has 5 heteroatoms. The van der Waals surface area contributed by atoms with Crippen molar-refractivity contribution in [3.63, 3.8) is 0 Å². The van der Waals surface area contributed by atoms with Gasteiger partial charge >= 0.3 is 12.6 Å². The van der Waals surface area contributed by atoms with Crippen LogP contribution in [0, 0.1) is 11.8 Å². The van der Waals surface area contributed by atoms with Crippen LogP contribution in [0.25, 0.3) is 0 Å². The van der Waals surface area contributed by atoms with E-state index in [-0.39, 0.29) is 18.4 Å². The summed E-state index contributed by atoms with van der Waals surface area (Å²) in [5.41, 5.74) is 0. The van der Waals surface area contributed by atoms with Crippen LogP contribution in [-0.2, 0) is 9.53 Å². The molecule has 0 aromatic carbocycles. The molecule has 1 fully saturated rings. The predicted octanol–water partition coefficient (Wildman–Crippen LogP) is 2.12. The molecule has 1 rings (SSSR count). The molecular weight excluding hydrogens is 194 g/mol. The molecule has 0 spiro atoms. The van der Waals surface area contributed by atoms with Gasteiger partial charge in [-0.3, -0.25) is 4.79 Å². The molecule has 82 valence electrons. The Labute approximate surface area is 81.1 Å². The number of carboxylic acids is 1. The van der Waals surface area contributed by atoms with Crippen LogP contribution in [0.15, 0.2) is 0 Å².